The normalized spacial score (nSPS) is 22.1. The number of anilines is 2. The molecule has 2 aliphatic carbocycles. The zero-order chi connectivity index (χ0) is 53.7. The second-order valence-corrected chi connectivity index (χ2v) is 27.2. The molecule has 2 N–H and O–H groups in total. The molecule has 8 nitrogen and oxygen atoms in total. The molecule has 4 aliphatic rings. The van der Waals surface area contributed by atoms with Gasteiger partial charge in [0.2, 0.25) is 11.7 Å². The summed E-state index contributed by atoms with van der Waals surface area (Å²) in [5, 5.41) is 15.9. The Morgan fingerprint density at radius 3 is 1.78 bits per heavy atom. The van der Waals surface area contributed by atoms with Gasteiger partial charge in [-0.15, -0.1) is 0 Å². The van der Waals surface area contributed by atoms with Crippen molar-refractivity contribution in [3.63, 3.8) is 0 Å². The fraction of sp³-hybridized carbons (Fsp3) is 0.710. The molecule has 4 atom stereocenters. The van der Waals surface area contributed by atoms with Crippen LogP contribution in [0.5, 0.6) is 0 Å². The van der Waals surface area contributed by atoms with E-state index in [1.807, 2.05) is 75.5 Å². The van der Waals surface area contributed by atoms with E-state index >= 15 is 4.79 Å². The van der Waals surface area contributed by atoms with Crippen molar-refractivity contribution in [1.82, 2.24) is 4.90 Å². The first-order chi connectivity index (χ1) is 33.7. The standard InChI is InChI=1S/C62H98N4O4S2/c1-19-23-27-43(21-3)37-71-31-25-29-59(11,12)57(69)63-49-35-51-47(61(15,16)41(9)65(51)39(5)6)33-45(49)53-55(67)54(56(53)68)46-34-48-52(66(40(7)8)42(10)62(48,17)18)36-50(46)64-58(70)60(13,14)30-26-32-72-38-44(22-4)28-24-20-2/h33-36,39-44,67H,19-32,37-38H2,1-18H3,(H,63,69)/b54-46-,64-50?. The minimum atomic E-state index is -0.727. The van der Waals surface area contributed by atoms with Crippen LogP contribution in [0.2, 0.25) is 0 Å². The van der Waals surface area contributed by atoms with Crippen LogP contribution in [0.4, 0.5) is 11.4 Å². The van der Waals surface area contributed by atoms with E-state index in [1.165, 1.54) is 51.4 Å². The number of aliphatic imine (C=N–C) groups is 1. The third-order valence-corrected chi connectivity index (χ3v) is 19.9. The summed E-state index contributed by atoms with van der Waals surface area (Å²) in [5.74, 6) is 5.03. The molecule has 5 rings (SSSR count). The Bertz CT molecular complexity index is 2290. The summed E-state index contributed by atoms with van der Waals surface area (Å²) in [5.41, 5.74) is 4.46. The van der Waals surface area contributed by atoms with Crippen molar-refractivity contribution >= 4 is 63.8 Å². The fourth-order valence-electron chi connectivity index (χ4n) is 11.4. The first-order valence-electron chi connectivity index (χ1n) is 28.3. The Balaban J connectivity index is 1.56. The van der Waals surface area contributed by atoms with Gasteiger partial charge in [0.05, 0.1) is 22.5 Å². The highest BCUT2D eigenvalue weighted by molar-refractivity contribution is 7.99. The quantitative estimate of drug-likeness (QED) is 0.0699. The number of allylic oxidation sites excluding steroid dienone is 6. The third-order valence-electron chi connectivity index (χ3n) is 17.3. The van der Waals surface area contributed by atoms with E-state index in [-0.39, 0.29) is 69.5 Å². The number of aliphatic hydroxyl groups is 1. The molecule has 0 spiro atoms. The highest BCUT2D eigenvalue weighted by atomic mass is 32.2. The van der Waals surface area contributed by atoms with Crippen molar-refractivity contribution in [2.45, 2.75) is 231 Å². The first-order valence-corrected chi connectivity index (χ1v) is 30.6. The second kappa shape index (κ2) is 24.6. The lowest BCUT2D eigenvalue weighted by Gasteiger charge is -2.34. The summed E-state index contributed by atoms with van der Waals surface area (Å²) in [7, 11) is 0. The lowest BCUT2D eigenvalue weighted by Crippen LogP contribution is -2.42. The van der Waals surface area contributed by atoms with Crippen LogP contribution in [0.25, 0.3) is 5.57 Å². The number of nitrogens with zero attached hydrogens (tertiary/aromatic N) is 3. The van der Waals surface area contributed by atoms with E-state index in [1.54, 1.807) is 0 Å². The van der Waals surface area contributed by atoms with Crippen molar-refractivity contribution < 1.29 is 19.5 Å². The van der Waals surface area contributed by atoms with E-state index in [9.17, 15) is 14.7 Å². The van der Waals surface area contributed by atoms with Gasteiger partial charge in [0, 0.05) is 68.3 Å². The van der Waals surface area contributed by atoms with Gasteiger partial charge >= 0.3 is 0 Å². The lowest BCUT2D eigenvalue weighted by atomic mass is 9.73. The molecule has 1 fully saturated rings. The van der Waals surface area contributed by atoms with Gasteiger partial charge in [0.1, 0.15) is 5.76 Å². The molecule has 0 saturated carbocycles. The van der Waals surface area contributed by atoms with Gasteiger partial charge in [-0.25, -0.2) is 4.99 Å². The SMILES string of the molecule is CCCCC(CC)CSCCCC(C)(C)C(=O)N=C1C=C2C(=C/C1=C1/C(=O)C(c3cc4c(cc3NC(=O)C(C)(C)CCCSCC(CC)CCCC)N(C(C)C)C(C)C4(C)C)=C1O)C(C)(C)C(C)N2C(C)C. The average Bonchev–Trinajstić information content (AvgIpc) is 3.63. The fourth-order valence-corrected chi connectivity index (χ4v) is 13.9. The Kier molecular flexibility index (Phi) is 20.4. The Hall–Kier alpha value is -3.24. The van der Waals surface area contributed by atoms with Gasteiger partial charge in [-0.2, -0.15) is 23.5 Å². The number of rotatable bonds is 26. The summed E-state index contributed by atoms with van der Waals surface area (Å²) < 4.78 is 0. The van der Waals surface area contributed by atoms with Crippen LogP contribution in [0.15, 0.2) is 57.5 Å². The molecule has 1 aromatic carbocycles. The molecule has 1 saturated heterocycles. The van der Waals surface area contributed by atoms with E-state index in [2.05, 4.69) is 112 Å². The number of unbranched alkanes of at least 4 members (excludes halogenated alkanes) is 2. The maximum atomic E-state index is 15.2. The number of carbonyl (C=O) groups excluding carboxylic acids is 3. The number of Topliss-reactive ketones (excluding diaryl/α,β-unsaturated/α-hetero) is 1. The largest absolute Gasteiger partial charge is 0.506 e. The van der Waals surface area contributed by atoms with Crippen molar-refractivity contribution in [3.8, 4) is 0 Å². The maximum absolute atomic E-state index is 15.2. The number of ketones is 1. The van der Waals surface area contributed by atoms with Gasteiger partial charge in [-0.3, -0.25) is 14.4 Å². The smallest absolute Gasteiger partial charge is 0.251 e. The average molecular weight is 1030 g/mol. The van der Waals surface area contributed by atoms with Crippen LogP contribution in [0.3, 0.4) is 0 Å². The van der Waals surface area contributed by atoms with Crippen LogP contribution in [-0.4, -0.2) is 80.5 Å². The molecule has 72 heavy (non-hydrogen) atoms. The molecule has 2 amide bonds. The van der Waals surface area contributed by atoms with Crippen molar-refractivity contribution in [1.29, 1.82) is 0 Å². The van der Waals surface area contributed by atoms with E-state index in [0.29, 0.717) is 29.0 Å². The summed E-state index contributed by atoms with van der Waals surface area (Å²) in [6.45, 7) is 39.2. The zero-order valence-corrected chi connectivity index (χ0v) is 50.1. The number of hydrogen-bond acceptors (Lipinski definition) is 8. The molecular formula is C62H98N4O4S2. The highest BCUT2D eigenvalue weighted by Gasteiger charge is 2.50. The lowest BCUT2D eigenvalue weighted by molar-refractivity contribution is -0.126. The summed E-state index contributed by atoms with van der Waals surface area (Å²) in [6, 6.07) is 4.75. The highest BCUT2D eigenvalue weighted by Crippen LogP contribution is 2.54. The van der Waals surface area contributed by atoms with Gasteiger partial charge in [0.15, 0.2) is 0 Å². The molecule has 10 heteroatoms. The van der Waals surface area contributed by atoms with Crippen LogP contribution in [0, 0.1) is 28.1 Å². The number of amides is 2. The first kappa shape index (κ1) is 59.6. The number of likely N-dealkylation sites (tertiary alicyclic amines) is 1. The monoisotopic (exact) mass is 1030 g/mol. The number of thioether (sulfide) groups is 2. The van der Waals surface area contributed by atoms with E-state index < -0.39 is 10.8 Å². The second-order valence-electron chi connectivity index (χ2n) is 24.9. The van der Waals surface area contributed by atoms with Crippen molar-refractivity contribution in [3.05, 3.63) is 63.6 Å². The molecule has 0 radical (unpaired) electrons. The Morgan fingerprint density at radius 1 is 0.750 bits per heavy atom. The van der Waals surface area contributed by atoms with E-state index in [4.69, 9.17) is 4.99 Å². The van der Waals surface area contributed by atoms with Gasteiger partial charge in [-0.05, 0) is 150 Å². The third kappa shape index (κ3) is 12.7. The summed E-state index contributed by atoms with van der Waals surface area (Å²) >= 11 is 4.00. The molecule has 0 aromatic heterocycles. The molecule has 0 bridgehead atoms. The minimum Gasteiger partial charge on any atom is -0.506 e. The van der Waals surface area contributed by atoms with Crippen molar-refractivity contribution in [2.24, 2.45) is 33.1 Å². The number of carbonyl (C=O) groups is 3. The summed E-state index contributed by atoms with van der Waals surface area (Å²) in [6.07, 6.45) is 17.3. The number of nitrogens with one attached hydrogen (secondary N) is 1. The molecular weight excluding hydrogens is 929 g/mol. The number of aliphatic hydroxyl groups excluding tert-OH is 1. The Morgan fingerprint density at radius 2 is 1.28 bits per heavy atom. The van der Waals surface area contributed by atoms with Gasteiger partial charge in [-0.1, -0.05) is 122 Å². The van der Waals surface area contributed by atoms with Crippen LogP contribution in [0.1, 0.15) is 213 Å². The minimum absolute atomic E-state index is 0.108. The number of benzene rings is 1. The predicted molar refractivity (Wildman–Crippen MR) is 313 cm³/mol. The van der Waals surface area contributed by atoms with Crippen LogP contribution >= 0.6 is 23.5 Å². The molecule has 2 heterocycles. The van der Waals surface area contributed by atoms with Gasteiger partial charge < -0.3 is 20.2 Å². The predicted octanol–water partition coefficient (Wildman–Crippen LogP) is 16.1. The van der Waals surface area contributed by atoms with Gasteiger partial charge in [0.25, 0.3) is 5.91 Å². The topological polar surface area (TPSA) is 102 Å². The Labute approximate surface area is 447 Å². The number of fused-ring (bicyclic) bond motifs is 2. The van der Waals surface area contributed by atoms with E-state index in [0.717, 1.165) is 76.6 Å². The molecule has 1 aromatic rings. The maximum Gasteiger partial charge on any atom is 0.251 e. The number of hydrogen-bond donors (Lipinski definition) is 2. The van der Waals surface area contributed by atoms with Crippen molar-refractivity contribution in [2.75, 3.05) is 33.2 Å². The van der Waals surface area contributed by atoms with Crippen LogP contribution in [-0.2, 0) is 19.8 Å². The zero-order valence-electron chi connectivity index (χ0n) is 48.4. The van der Waals surface area contributed by atoms with Crippen LogP contribution < -0.4 is 10.2 Å². The molecule has 4 unspecified atom stereocenters. The molecule has 2 aliphatic heterocycles. The molecule has 402 valence electrons. The summed E-state index contributed by atoms with van der Waals surface area (Å²) in [4.78, 5) is 53.9.